The minimum Gasteiger partial charge on any atom is -0.480 e. The maximum atomic E-state index is 12.0. The van der Waals surface area contributed by atoms with Crippen molar-refractivity contribution in [1.29, 1.82) is 0 Å². The van der Waals surface area contributed by atoms with Crippen molar-refractivity contribution in [3.63, 3.8) is 0 Å². The number of hydrogen-bond donors (Lipinski definition) is 2. The molecule has 116 valence electrons. The number of nitrogens with one attached hydrogen (secondary N) is 1. The van der Waals surface area contributed by atoms with Gasteiger partial charge in [-0.3, -0.25) is 4.79 Å². The van der Waals surface area contributed by atoms with E-state index in [9.17, 15) is 9.59 Å². The lowest BCUT2D eigenvalue weighted by Crippen LogP contribution is -2.41. The van der Waals surface area contributed by atoms with Gasteiger partial charge in [-0.05, 0) is 36.0 Å². The van der Waals surface area contributed by atoms with Gasteiger partial charge in [-0.1, -0.05) is 48.8 Å². The molecular weight excluding hydrogens is 334 g/mol. The number of carboxylic acids is 1. The first-order valence-corrected chi connectivity index (χ1v) is 7.86. The van der Waals surface area contributed by atoms with Gasteiger partial charge < -0.3 is 10.4 Å². The van der Waals surface area contributed by atoms with E-state index < -0.39 is 12.0 Å². The number of halogens is 1. The summed E-state index contributed by atoms with van der Waals surface area (Å²) in [5.41, 5.74) is 1.06. The summed E-state index contributed by atoms with van der Waals surface area (Å²) in [4.78, 5) is 23.2. The standard InChI is InChI=1S/C16H22BrNO3/c1-10(2)8-14(16(20)21)18-15(19)9-11(3)12-4-6-13(17)7-5-12/h4-7,10-11,14H,8-9H2,1-3H3,(H,18,19)(H,20,21)/t11?,14-/m1/s1. The van der Waals surface area contributed by atoms with Gasteiger partial charge in [-0.15, -0.1) is 0 Å². The summed E-state index contributed by atoms with van der Waals surface area (Å²) in [5.74, 6) is -0.936. The second-order valence-corrected chi connectivity index (χ2v) is 6.66. The van der Waals surface area contributed by atoms with Crippen molar-refractivity contribution in [1.82, 2.24) is 5.32 Å². The van der Waals surface area contributed by atoms with E-state index in [0.29, 0.717) is 6.42 Å². The summed E-state index contributed by atoms with van der Waals surface area (Å²) in [7, 11) is 0. The highest BCUT2D eigenvalue weighted by Gasteiger charge is 2.22. The molecule has 0 aliphatic rings. The largest absolute Gasteiger partial charge is 0.480 e. The summed E-state index contributed by atoms with van der Waals surface area (Å²) in [6.45, 7) is 5.83. The normalized spacial score (nSPS) is 13.8. The third kappa shape index (κ3) is 6.29. The Balaban J connectivity index is 2.59. The number of carbonyl (C=O) groups is 2. The molecule has 0 aliphatic carbocycles. The zero-order valence-electron chi connectivity index (χ0n) is 12.6. The fourth-order valence-corrected chi connectivity index (χ4v) is 2.40. The molecule has 5 heteroatoms. The van der Waals surface area contributed by atoms with Crippen LogP contribution in [0.2, 0.25) is 0 Å². The minimum atomic E-state index is -0.978. The quantitative estimate of drug-likeness (QED) is 0.785. The van der Waals surface area contributed by atoms with Crippen LogP contribution < -0.4 is 5.32 Å². The number of amides is 1. The topological polar surface area (TPSA) is 66.4 Å². The Morgan fingerprint density at radius 3 is 2.24 bits per heavy atom. The average molecular weight is 356 g/mol. The highest BCUT2D eigenvalue weighted by molar-refractivity contribution is 9.10. The maximum absolute atomic E-state index is 12.0. The van der Waals surface area contributed by atoms with Crippen LogP contribution >= 0.6 is 15.9 Å². The van der Waals surface area contributed by atoms with Crippen LogP contribution in [-0.2, 0) is 9.59 Å². The molecule has 1 unspecified atom stereocenters. The number of rotatable bonds is 7. The number of carboxylic acid groups (broad SMARTS) is 1. The lowest BCUT2D eigenvalue weighted by molar-refractivity contribution is -0.142. The molecule has 0 radical (unpaired) electrons. The van der Waals surface area contributed by atoms with Gasteiger partial charge >= 0.3 is 5.97 Å². The first-order valence-electron chi connectivity index (χ1n) is 7.07. The molecule has 0 spiro atoms. The molecule has 0 aromatic heterocycles. The van der Waals surface area contributed by atoms with Gasteiger partial charge in [0.15, 0.2) is 0 Å². The molecule has 0 aliphatic heterocycles. The second kappa shape index (κ2) is 8.17. The van der Waals surface area contributed by atoms with E-state index in [0.717, 1.165) is 10.0 Å². The molecule has 1 aromatic carbocycles. The molecule has 0 heterocycles. The van der Waals surface area contributed by atoms with Gasteiger partial charge in [-0.25, -0.2) is 4.79 Å². The first-order chi connectivity index (χ1) is 9.79. The van der Waals surface area contributed by atoms with Gasteiger partial charge in [0, 0.05) is 10.9 Å². The van der Waals surface area contributed by atoms with Crippen molar-refractivity contribution >= 4 is 27.8 Å². The third-order valence-corrected chi connectivity index (χ3v) is 3.80. The molecule has 21 heavy (non-hydrogen) atoms. The van der Waals surface area contributed by atoms with E-state index in [1.54, 1.807) is 0 Å². The first kappa shape index (κ1) is 17.7. The smallest absolute Gasteiger partial charge is 0.326 e. The zero-order valence-corrected chi connectivity index (χ0v) is 14.2. The van der Waals surface area contributed by atoms with Crippen molar-refractivity contribution in [2.45, 2.75) is 45.6 Å². The van der Waals surface area contributed by atoms with E-state index in [1.165, 1.54) is 0 Å². The summed E-state index contributed by atoms with van der Waals surface area (Å²) in [6, 6.07) is 6.98. The fourth-order valence-electron chi connectivity index (χ4n) is 2.13. The third-order valence-electron chi connectivity index (χ3n) is 3.27. The van der Waals surface area contributed by atoms with Gasteiger partial charge in [0.2, 0.25) is 5.91 Å². The number of aliphatic carboxylic acids is 1. The fraction of sp³-hybridized carbons (Fsp3) is 0.500. The molecule has 4 nitrogen and oxygen atoms in total. The molecule has 1 rings (SSSR count). The molecular formula is C16H22BrNO3. The van der Waals surface area contributed by atoms with Crippen LogP contribution in [0.5, 0.6) is 0 Å². The lowest BCUT2D eigenvalue weighted by Gasteiger charge is -2.18. The number of benzene rings is 1. The van der Waals surface area contributed by atoms with Crippen LogP contribution in [0, 0.1) is 5.92 Å². The molecule has 0 fully saturated rings. The summed E-state index contributed by atoms with van der Waals surface area (Å²) in [5, 5.41) is 11.7. The lowest BCUT2D eigenvalue weighted by atomic mass is 9.97. The number of carbonyl (C=O) groups excluding carboxylic acids is 1. The summed E-state index contributed by atoms with van der Waals surface area (Å²) >= 11 is 3.37. The highest BCUT2D eigenvalue weighted by Crippen LogP contribution is 2.21. The van der Waals surface area contributed by atoms with Gasteiger partial charge in [0.1, 0.15) is 6.04 Å². The van der Waals surface area contributed by atoms with Crippen LogP contribution in [0.3, 0.4) is 0 Å². The van der Waals surface area contributed by atoms with Crippen molar-refractivity contribution in [2.24, 2.45) is 5.92 Å². The molecule has 1 amide bonds. The van der Waals surface area contributed by atoms with Gasteiger partial charge in [-0.2, -0.15) is 0 Å². The van der Waals surface area contributed by atoms with Crippen molar-refractivity contribution < 1.29 is 14.7 Å². The van der Waals surface area contributed by atoms with Crippen molar-refractivity contribution in [2.75, 3.05) is 0 Å². The van der Waals surface area contributed by atoms with Crippen LogP contribution in [-0.4, -0.2) is 23.0 Å². The van der Waals surface area contributed by atoms with E-state index in [1.807, 2.05) is 45.0 Å². The van der Waals surface area contributed by atoms with E-state index in [-0.39, 0.29) is 24.2 Å². The summed E-state index contributed by atoms with van der Waals surface area (Å²) < 4.78 is 0.991. The zero-order chi connectivity index (χ0) is 16.0. The number of hydrogen-bond acceptors (Lipinski definition) is 2. The SMILES string of the molecule is CC(C)C[C@@H](NC(=O)CC(C)c1ccc(Br)cc1)C(=O)O. The van der Waals surface area contributed by atoms with Crippen LogP contribution in [0.15, 0.2) is 28.7 Å². The Hall–Kier alpha value is -1.36. The Labute approximate surface area is 134 Å². The predicted molar refractivity (Wildman–Crippen MR) is 86.2 cm³/mol. The maximum Gasteiger partial charge on any atom is 0.326 e. The van der Waals surface area contributed by atoms with Crippen molar-refractivity contribution in [3.8, 4) is 0 Å². The highest BCUT2D eigenvalue weighted by atomic mass is 79.9. The van der Waals surface area contributed by atoms with Crippen LogP contribution in [0.4, 0.5) is 0 Å². The predicted octanol–water partition coefficient (Wildman–Crippen LogP) is 3.56. The van der Waals surface area contributed by atoms with Crippen LogP contribution in [0.25, 0.3) is 0 Å². The van der Waals surface area contributed by atoms with E-state index in [2.05, 4.69) is 21.2 Å². The molecule has 2 atom stereocenters. The second-order valence-electron chi connectivity index (χ2n) is 5.74. The van der Waals surface area contributed by atoms with Gasteiger partial charge in [0.25, 0.3) is 0 Å². The van der Waals surface area contributed by atoms with Gasteiger partial charge in [0.05, 0.1) is 0 Å². The Bertz CT molecular complexity index is 485. The monoisotopic (exact) mass is 355 g/mol. The average Bonchev–Trinajstić information content (AvgIpc) is 2.37. The van der Waals surface area contributed by atoms with Crippen molar-refractivity contribution in [3.05, 3.63) is 34.3 Å². The Morgan fingerprint density at radius 1 is 1.19 bits per heavy atom. The molecule has 0 saturated carbocycles. The molecule has 0 bridgehead atoms. The summed E-state index contributed by atoms with van der Waals surface area (Å²) in [6.07, 6.45) is 0.719. The Morgan fingerprint density at radius 2 is 1.76 bits per heavy atom. The molecule has 1 aromatic rings. The Kier molecular flexibility index (Phi) is 6.89. The van der Waals surface area contributed by atoms with E-state index in [4.69, 9.17) is 5.11 Å². The molecule has 0 saturated heterocycles. The minimum absolute atomic E-state index is 0.0478. The van der Waals surface area contributed by atoms with E-state index >= 15 is 0 Å². The van der Waals surface area contributed by atoms with Crippen LogP contribution in [0.1, 0.15) is 45.1 Å². The molecule has 2 N–H and O–H groups in total.